The van der Waals surface area contributed by atoms with E-state index in [0.29, 0.717) is 25.9 Å². The van der Waals surface area contributed by atoms with Gasteiger partial charge in [0.15, 0.2) is 0 Å². The number of likely N-dealkylation sites (tertiary alicyclic amines) is 1. The Morgan fingerprint density at radius 3 is 2.48 bits per heavy atom. The van der Waals surface area contributed by atoms with Gasteiger partial charge in [-0.2, -0.15) is 0 Å². The molecular weight excluding hydrogens is 408 g/mol. The number of aromatic nitrogens is 2. The Balaban J connectivity index is 1.20. The molecule has 156 valence electrons. The zero-order chi connectivity index (χ0) is 21.2. The van der Waals surface area contributed by atoms with Crippen molar-refractivity contribution in [3.05, 3.63) is 77.2 Å². The van der Waals surface area contributed by atoms with Gasteiger partial charge in [0, 0.05) is 30.4 Å². The number of nitrogens with one attached hydrogen (secondary N) is 1. The van der Waals surface area contributed by atoms with Crippen LogP contribution < -0.4 is 5.32 Å². The number of fused-ring (bicyclic) bond motifs is 1. The van der Waals surface area contributed by atoms with Gasteiger partial charge in [0.25, 0.3) is 5.91 Å². The third-order valence-electron chi connectivity index (χ3n) is 5.75. The van der Waals surface area contributed by atoms with E-state index in [2.05, 4.69) is 10.3 Å². The molecule has 3 heterocycles. The summed E-state index contributed by atoms with van der Waals surface area (Å²) in [5, 5.41) is 4.94. The van der Waals surface area contributed by atoms with Crippen molar-refractivity contribution in [3.63, 3.8) is 0 Å². The van der Waals surface area contributed by atoms with Crippen LogP contribution in [0.1, 0.15) is 22.5 Å². The maximum absolute atomic E-state index is 12.7. The summed E-state index contributed by atoms with van der Waals surface area (Å²) in [6.45, 7) is 1.23. The third-order valence-corrected chi connectivity index (χ3v) is 6.61. The van der Waals surface area contributed by atoms with Crippen molar-refractivity contribution in [1.82, 2.24) is 14.5 Å². The van der Waals surface area contributed by atoms with Crippen LogP contribution in [0.25, 0.3) is 16.7 Å². The number of carbonyl (C=O) groups is 2. The summed E-state index contributed by atoms with van der Waals surface area (Å²) in [6.07, 6.45) is 3.17. The van der Waals surface area contributed by atoms with Crippen molar-refractivity contribution >= 4 is 39.9 Å². The summed E-state index contributed by atoms with van der Waals surface area (Å²) in [7, 11) is 0. The van der Waals surface area contributed by atoms with Crippen molar-refractivity contribution < 1.29 is 9.59 Å². The van der Waals surface area contributed by atoms with Gasteiger partial charge in [-0.25, -0.2) is 4.98 Å². The van der Waals surface area contributed by atoms with E-state index in [-0.39, 0.29) is 17.7 Å². The van der Waals surface area contributed by atoms with E-state index in [9.17, 15) is 9.59 Å². The van der Waals surface area contributed by atoms with Crippen LogP contribution in [-0.4, -0.2) is 39.4 Å². The molecule has 5 rings (SSSR count). The first-order valence-corrected chi connectivity index (χ1v) is 11.2. The first-order valence-electron chi connectivity index (χ1n) is 10.4. The highest BCUT2D eigenvalue weighted by molar-refractivity contribution is 7.12. The number of carbonyl (C=O) groups excluding carboxylic acids is 2. The molecule has 1 N–H and O–H groups in total. The van der Waals surface area contributed by atoms with E-state index in [1.165, 1.54) is 11.3 Å². The Kier molecular flexibility index (Phi) is 5.26. The lowest BCUT2D eigenvalue weighted by atomic mass is 9.95. The first-order chi connectivity index (χ1) is 15.2. The van der Waals surface area contributed by atoms with Crippen LogP contribution in [0, 0.1) is 5.92 Å². The van der Waals surface area contributed by atoms with E-state index in [4.69, 9.17) is 0 Å². The Labute approximate surface area is 184 Å². The molecule has 0 aliphatic carbocycles. The molecule has 31 heavy (non-hydrogen) atoms. The minimum Gasteiger partial charge on any atom is -0.338 e. The molecule has 2 amide bonds. The summed E-state index contributed by atoms with van der Waals surface area (Å²) in [4.78, 5) is 32.2. The number of anilines is 1. The van der Waals surface area contributed by atoms with Gasteiger partial charge in [-0.05, 0) is 60.7 Å². The van der Waals surface area contributed by atoms with Gasteiger partial charge in [-0.15, -0.1) is 11.3 Å². The van der Waals surface area contributed by atoms with Crippen LogP contribution in [0.4, 0.5) is 5.69 Å². The minimum absolute atomic E-state index is 0.0176. The number of nitrogens with zero attached hydrogens (tertiary/aromatic N) is 3. The van der Waals surface area contributed by atoms with E-state index >= 15 is 0 Å². The fraction of sp³-hybridized carbons (Fsp3) is 0.208. The topological polar surface area (TPSA) is 67.2 Å². The van der Waals surface area contributed by atoms with Gasteiger partial charge >= 0.3 is 0 Å². The lowest BCUT2D eigenvalue weighted by Gasteiger charge is -2.31. The van der Waals surface area contributed by atoms with Gasteiger partial charge in [-0.1, -0.05) is 18.2 Å². The van der Waals surface area contributed by atoms with E-state index < -0.39 is 0 Å². The Hall–Kier alpha value is -3.45. The average Bonchev–Trinajstić information content (AvgIpc) is 3.50. The van der Waals surface area contributed by atoms with Crippen LogP contribution in [-0.2, 0) is 4.79 Å². The molecule has 2 aromatic carbocycles. The molecule has 4 aromatic rings. The Morgan fingerprint density at radius 2 is 1.74 bits per heavy atom. The number of imidazole rings is 1. The van der Waals surface area contributed by atoms with Crippen LogP contribution in [0.3, 0.4) is 0 Å². The predicted molar refractivity (Wildman–Crippen MR) is 123 cm³/mol. The van der Waals surface area contributed by atoms with Crippen LogP contribution in [0.15, 0.2) is 72.4 Å². The van der Waals surface area contributed by atoms with Crippen molar-refractivity contribution in [2.45, 2.75) is 12.8 Å². The van der Waals surface area contributed by atoms with Gasteiger partial charge in [0.2, 0.25) is 5.91 Å². The molecule has 0 bridgehead atoms. The van der Waals surface area contributed by atoms with Gasteiger partial charge in [-0.3, -0.25) is 14.2 Å². The highest BCUT2D eigenvalue weighted by atomic mass is 32.1. The van der Waals surface area contributed by atoms with Crippen LogP contribution in [0.5, 0.6) is 0 Å². The second-order valence-electron chi connectivity index (χ2n) is 7.68. The molecule has 0 unspecified atom stereocenters. The van der Waals surface area contributed by atoms with E-state index in [1.807, 2.05) is 81.8 Å². The zero-order valence-electron chi connectivity index (χ0n) is 16.9. The normalized spacial score (nSPS) is 14.6. The molecule has 0 atom stereocenters. The number of thiophene rings is 1. The molecule has 6 nitrogen and oxygen atoms in total. The Bertz CT molecular complexity index is 1210. The monoisotopic (exact) mass is 430 g/mol. The largest absolute Gasteiger partial charge is 0.338 e. The lowest BCUT2D eigenvalue weighted by molar-refractivity contribution is -0.121. The second kappa shape index (κ2) is 8.35. The maximum Gasteiger partial charge on any atom is 0.263 e. The summed E-state index contributed by atoms with van der Waals surface area (Å²) >= 11 is 1.46. The van der Waals surface area contributed by atoms with Gasteiger partial charge in [0.1, 0.15) is 6.33 Å². The lowest BCUT2D eigenvalue weighted by Crippen LogP contribution is -2.41. The number of hydrogen-bond donors (Lipinski definition) is 1. The Morgan fingerprint density at radius 1 is 0.968 bits per heavy atom. The highest BCUT2D eigenvalue weighted by Crippen LogP contribution is 2.23. The molecule has 1 saturated heterocycles. The van der Waals surface area contributed by atoms with Crippen molar-refractivity contribution in [3.8, 4) is 5.69 Å². The summed E-state index contributed by atoms with van der Waals surface area (Å²) in [5.74, 6) is 0.00480. The molecule has 1 aliphatic rings. The van der Waals surface area contributed by atoms with Crippen molar-refractivity contribution in [1.29, 1.82) is 0 Å². The van der Waals surface area contributed by atoms with Gasteiger partial charge < -0.3 is 10.2 Å². The number of piperidine rings is 1. The molecular formula is C24H22N4O2S. The number of para-hydroxylation sites is 2. The summed E-state index contributed by atoms with van der Waals surface area (Å²) < 4.78 is 2.03. The maximum atomic E-state index is 12.7. The second-order valence-corrected chi connectivity index (χ2v) is 8.63. The molecule has 7 heteroatoms. The van der Waals surface area contributed by atoms with Crippen LogP contribution >= 0.6 is 11.3 Å². The molecule has 0 spiro atoms. The number of amides is 2. The fourth-order valence-electron chi connectivity index (χ4n) is 4.02. The fourth-order valence-corrected chi connectivity index (χ4v) is 4.71. The van der Waals surface area contributed by atoms with E-state index in [1.54, 1.807) is 0 Å². The van der Waals surface area contributed by atoms with Crippen molar-refractivity contribution in [2.75, 3.05) is 18.4 Å². The third kappa shape index (κ3) is 3.96. The zero-order valence-corrected chi connectivity index (χ0v) is 17.7. The van der Waals surface area contributed by atoms with Crippen molar-refractivity contribution in [2.24, 2.45) is 5.92 Å². The molecule has 2 aromatic heterocycles. The molecule has 0 saturated carbocycles. The number of rotatable bonds is 4. The molecule has 0 radical (unpaired) electrons. The number of benzene rings is 2. The summed E-state index contributed by atoms with van der Waals surface area (Å²) in [6, 6.07) is 19.5. The standard InChI is InChI=1S/C24H22N4O2S/c29-23(17-11-13-27(14-12-17)24(30)22-6-3-15-31-22)26-18-7-9-19(10-8-18)28-16-25-20-4-1-2-5-21(20)28/h1-10,15-17H,11-14H2,(H,26,29). The van der Waals surface area contributed by atoms with Crippen LogP contribution in [0.2, 0.25) is 0 Å². The average molecular weight is 431 g/mol. The first kappa shape index (κ1) is 19.5. The molecule has 1 aliphatic heterocycles. The smallest absolute Gasteiger partial charge is 0.263 e. The SMILES string of the molecule is O=C(Nc1ccc(-n2cnc3ccccc32)cc1)C1CCN(C(=O)c2cccs2)CC1. The summed E-state index contributed by atoms with van der Waals surface area (Å²) in [5.41, 5.74) is 3.76. The number of hydrogen-bond acceptors (Lipinski definition) is 4. The molecule has 1 fully saturated rings. The highest BCUT2D eigenvalue weighted by Gasteiger charge is 2.28. The quantitative estimate of drug-likeness (QED) is 0.515. The van der Waals surface area contributed by atoms with E-state index in [0.717, 1.165) is 27.3 Å². The van der Waals surface area contributed by atoms with Gasteiger partial charge in [0.05, 0.1) is 15.9 Å². The minimum atomic E-state index is -0.0790. The predicted octanol–water partition coefficient (Wildman–Crippen LogP) is 4.58.